The topological polar surface area (TPSA) is 39.4 Å². The maximum Gasteiger partial charge on any atom is 0.274 e. The molecule has 0 aliphatic carbocycles. The summed E-state index contributed by atoms with van der Waals surface area (Å²) in [4.78, 5) is 8.87. The van der Waals surface area contributed by atoms with Crippen LogP contribution in [0.4, 0.5) is 5.69 Å². The number of rotatable bonds is 5. The van der Waals surface area contributed by atoms with Gasteiger partial charge < -0.3 is 8.99 Å². The third-order valence-corrected chi connectivity index (χ3v) is 3.42. The number of aromatic nitrogens is 2. The van der Waals surface area contributed by atoms with E-state index >= 15 is 0 Å². The minimum absolute atomic E-state index is 0.727. The molecule has 0 unspecified atom stereocenters. The van der Waals surface area contributed by atoms with E-state index in [9.17, 15) is 0 Å². The van der Waals surface area contributed by atoms with E-state index in [2.05, 4.69) is 36.1 Å². The number of nitrogens with zero attached hydrogens (tertiary/aromatic N) is 3. The second kappa shape index (κ2) is 6.52. The summed E-state index contributed by atoms with van der Waals surface area (Å²) in [5, 5.41) is 0. The second-order valence-corrected chi connectivity index (χ2v) is 7.00. The van der Waals surface area contributed by atoms with Crippen molar-refractivity contribution in [2.45, 2.75) is 26.4 Å². The molecule has 0 aliphatic heterocycles. The summed E-state index contributed by atoms with van der Waals surface area (Å²) < 4.78 is 7.84. The van der Waals surface area contributed by atoms with Crippen molar-refractivity contribution in [3.63, 3.8) is 0 Å². The Balaban J connectivity index is 2.15. The van der Waals surface area contributed by atoms with Crippen molar-refractivity contribution < 1.29 is 4.43 Å². The number of benzene rings is 1. The van der Waals surface area contributed by atoms with Gasteiger partial charge in [0.05, 0.1) is 12.0 Å². The summed E-state index contributed by atoms with van der Waals surface area (Å²) in [5.74, 6) is 0.876. The molecule has 0 N–H and O–H groups in total. The summed E-state index contributed by atoms with van der Waals surface area (Å²) in [6.45, 7) is 6.29. The summed E-state index contributed by atoms with van der Waals surface area (Å²) in [5.41, 5.74) is 3.07. The van der Waals surface area contributed by atoms with Crippen molar-refractivity contribution in [2.75, 3.05) is 0 Å². The molecule has 0 aliphatic rings. The average Bonchev–Trinajstić information content (AvgIpc) is 2.78. The zero-order chi connectivity index (χ0) is 14.5. The third-order valence-electron chi connectivity index (χ3n) is 2.79. The Hall–Kier alpha value is -1.88. The molecule has 0 amide bonds. The van der Waals surface area contributed by atoms with Gasteiger partial charge in [-0.2, -0.15) is 0 Å². The normalized spacial score (nSPS) is 11.4. The fraction of sp³-hybridized carbons (Fsp3) is 0.333. The fourth-order valence-corrected chi connectivity index (χ4v) is 2.51. The van der Waals surface area contributed by atoms with Crippen LogP contribution in [0.1, 0.15) is 11.3 Å². The van der Waals surface area contributed by atoms with Crippen LogP contribution < -0.4 is 4.43 Å². The molecule has 1 heterocycles. The highest BCUT2D eigenvalue weighted by molar-refractivity contribution is 6.49. The van der Waals surface area contributed by atoms with Crippen LogP contribution in [0.5, 0.6) is 5.75 Å². The van der Waals surface area contributed by atoms with Crippen LogP contribution in [-0.4, -0.2) is 24.8 Å². The standard InChI is InChI=1S/C15H20N3OSi/c1-12-6-5-7-14(19-20(3)4)15(12)16-9-8-13-10-18(2)11-17-13/h5-7,9-11H,8H2,1-4H3. The predicted octanol–water partition coefficient (Wildman–Crippen LogP) is 3.30. The lowest BCUT2D eigenvalue weighted by molar-refractivity contribution is 0.581. The van der Waals surface area contributed by atoms with Gasteiger partial charge in [0.2, 0.25) is 0 Å². The lowest BCUT2D eigenvalue weighted by atomic mass is 10.2. The highest BCUT2D eigenvalue weighted by Crippen LogP contribution is 2.31. The SMILES string of the molecule is Cc1cccc(O[Si](C)C)c1N=CCc1cn(C)cn1. The van der Waals surface area contributed by atoms with E-state index < -0.39 is 9.04 Å². The highest BCUT2D eigenvalue weighted by Gasteiger charge is 2.07. The van der Waals surface area contributed by atoms with Gasteiger partial charge in [-0.25, -0.2) is 4.98 Å². The number of aryl methyl sites for hydroxylation is 2. The van der Waals surface area contributed by atoms with E-state index in [0.29, 0.717) is 0 Å². The van der Waals surface area contributed by atoms with E-state index in [1.807, 2.05) is 36.2 Å². The molecule has 20 heavy (non-hydrogen) atoms. The van der Waals surface area contributed by atoms with E-state index in [1.165, 1.54) is 0 Å². The number of imidazole rings is 1. The average molecular weight is 286 g/mol. The van der Waals surface area contributed by atoms with Gasteiger partial charge in [-0.15, -0.1) is 0 Å². The van der Waals surface area contributed by atoms with Crippen molar-refractivity contribution in [1.29, 1.82) is 0 Å². The first-order valence-corrected chi connectivity index (χ1v) is 9.04. The van der Waals surface area contributed by atoms with Crippen LogP contribution in [0.15, 0.2) is 35.7 Å². The number of hydrogen-bond acceptors (Lipinski definition) is 3. The van der Waals surface area contributed by atoms with Gasteiger partial charge in [0.25, 0.3) is 9.04 Å². The Labute approximate surface area is 121 Å². The largest absolute Gasteiger partial charge is 0.541 e. The first-order chi connectivity index (χ1) is 9.56. The van der Waals surface area contributed by atoms with Crippen LogP contribution in [-0.2, 0) is 13.5 Å². The van der Waals surface area contributed by atoms with Crippen molar-refractivity contribution in [1.82, 2.24) is 9.55 Å². The predicted molar refractivity (Wildman–Crippen MR) is 84.4 cm³/mol. The smallest absolute Gasteiger partial charge is 0.274 e. The minimum Gasteiger partial charge on any atom is -0.541 e. The monoisotopic (exact) mass is 286 g/mol. The first kappa shape index (κ1) is 14.5. The van der Waals surface area contributed by atoms with Gasteiger partial charge in [-0.05, 0) is 31.6 Å². The molecule has 0 saturated heterocycles. The van der Waals surface area contributed by atoms with Gasteiger partial charge in [0, 0.05) is 25.9 Å². The summed E-state index contributed by atoms with van der Waals surface area (Å²) >= 11 is 0. The van der Waals surface area contributed by atoms with Crippen molar-refractivity contribution >= 4 is 20.9 Å². The summed E-state index contributed by atoms with van der Waals surface area (Å²) in [6.07, 6.45) is 6.43. The van der Waals surface area contributed by atoms with Gasteiger partial charge in [0.1, 0.15) is 11.4 Å². The van der Waals surface area contributed by atoms with Crippen molar-refractivity contribution in [3.05, 3.63) is 42.0 Å². The molecule has 0 bridgehead atoms. The molecule has 1 aromatic heterocycles. The van der Waals surface area contributed by atoms with E-state index in [1.54, 1.807) is 6.33 Å². The molecule has 0 spiro atoms. The molecule has 2 aromatic rings. The number of hydrogen-bond donors (Lipinski definition) is 0. The van der Waals surface area contributed by atoms with Crippen LogP contribution in [0, 0.1) is 6.92 Å². The van der Waals surface area contributed by atoms with Crippen LogP contribution in [0.2, 0.25) is 13.1 Å². The van der Waals surface area contributed by atoms with Crippen LogP contribution in [0.3, 0.4) is 0 Å². The molecule has 1 radical (unpaired) electrons. The fourth-order valence-electron chi connectivity index (χ4n) is 1.90. The van der Waals surface area contributed by atoms with Gasteiger partial charge in [-0.1, -0.05) is 12.1 Å². The van der Waals surface area contributed by atoms with Gasteiger partial charge in [-0.3, -0.25) is 4.99 Å². The summed E-state index contributed by atoms with van der Waals surface area (Å²) in [6, 6.07) is 6.05. The Bertz CT molecular complexity index is 605. The second-order valence-electron chi connectivity index (χ2n) is 4.98. The summed E-state index contributed by atoms with van der Waals surface area (Å²) in [7, 11) is 1.18. The van der Waals surface area contributed by atoms with Crippen molar-refractivity contribution in [2.24, 2.45) is 12.0 Å². The van der Waals surface area contributed by atoms with E-state index in [-0.39, 0.29) is 0 Å². The quantitative estimate of drug-likeness (QED) is 0.625. The molecule has 105 valence electrons. The van der Waals surface area contributed by atoms with E-state index in [0.717, 1.165) is 29.1 Å². The highest BCUT2D eigenvalue weighted by atomic mass is 28.3. The molecule has 2 rings (SSSR count). The van der Waals surface area contributed by atoms with Crippen LogP contribution >= 0.6 is 0 Å². The van der Waals surface area contributed by atoms with Gasteiger partial charge >= 0.3 is 0 Å². The maximum atomic E-state index is 5.90. The Kier molecular flexibility index (Phi) is 4.73. The zero-order valence-electron chi connectivity index (χ0n) is 12.4. The molecule has 0 saturated carbocycles. The molecule has 5 heteroatoms. The number of para-hydroxylation sites is 1. The molecular formula is C15H20N3OSi. The molecule has 0 atom stereocenters. The third kappa shape index (κ3) is 3.80. The van der Waals surface area contributed by atoms with E-state index in [4.69, 9.17) is 4.43 Å². The lowest BCUT2D eigenvalue weighted by Crippen LogP contribution is -2.11. The maximum absolute atomic E-state index is 5.90. The number of aliphatic imine (C=N–C) groups is 1. The molecule has 4 nitrogen and oxygen atoms in total. The lowest BCUT2D eigenvalue weighted by Gasteiger charge is -2.12. The van der Waals surface area contributed by atoms with Crippen molar-refractivity contribution in [3.8, 4) is 5.75 Å². The van der Waals surface area contributed by atoms with Crippen LogP contribution in [0.25, 0.3) is 0 Å². The Morgan fingerprint density at radius 3 is 2.85 bits per heavy atom. The molecular weight excluding hydrogens is 266 g/mol. The van der Waals surface area contributed by atoms with Gasteiger partial charge in [0.15, 0.2) is 0 Å². The minimum atomic E-state index is -0.788. The Morgan fingerprint density at radius 1 is 1.40 bits per heavy atom. The zero-order valence-corrected chi connectivity index (χ0v) is 13.4. The Morgan fingerprint density at radius 2 is 2.20 bits per heavy atom. The first-order valence-electron chi connectivity index (χ1n) is 6.63. The molecule has 1 aromatic carbocycles. The molecule has 0 fully saturated rings.